The Morgan fingerprint density at radius 2 is 2.11 bits per heavy atom. The molecule has 1 atom stereocenters. The lowest BCUT2D eigenvalue weighted by molar-refractivity contribution is 0.324. The van der Waals surface area contributed by atoms with Crippen LogP contribution in [0.2, 0.25) is 0 Å². The zero-order valence-corrected chi connectivity index (χ0v) is 12.6. The highest BCUT2D eigenvalue weighted by molar-refractivity contribution is 5.03. The van der Waals surface area contributed by atoms with Crippen LogP contribution in [0.1, 0.15) is 43.8 Å². The van der Waals surface area contributed by atoms with Crippen molar-refractivity contribution < 1.29 is 0 Å². The zero-order valence-electron chi connectivity index (χ0n) is 12.6. The van der Waals surface area contributed by atoms with Crippen molar-refractivity contribution in [1.29, 1.82) is 0 Å². The van der Waals surface area contributed by atoms with Gasteiger partial charge < -0.3 is 10.2 Å². The Kier molecular flexibility index (Phi) is 5.40. The van der Waals surface area contributed by atoms with E-state index in [1.54, 1.807) is 0 Å². The van der Waals surface area contributed by atoms with Gasteiger partial charge in [0.2, 0.25) is 0 Å². The van der Waals surface area contributed by atoms with Crippen molar-refractivity contribution in [2.75, 3.05) is 27.7 Å². The fourth-order valence-corrected chi connectivity index (χ4v) is 2.99. The molecule has 0 aliphatic heterocycles. The van der Waals surface area contributed by atoms with Crippen LogP contribution >= 0.6 is 0 Å². The third-order valence-electron chi connectivity index (χ3n) is 4.06. The molecule has 0 aromatic carbocycles. The summed E-state index contributed by atoms with van der Waals surface area (Å²) >= 11 is 0. The van der Waals surface area contributed by atoms with Crippen LogP contribution in [0.5, 0.6) is 0 Å². The van der Waals surface area contributed by atoms with Crippen LogP contribution in [0.15, 0.2) is 12.3 Å². The van der Waals surface area contributed by atoms with Gasteiger partial charge in [0, 0.05) is 25.2 Å². The molecule has 2 rings (SSSR count). The predicted molar refractivity (Wildman–Crippen MR) is 79.5 cm³/mol. The van der Waals surface area contributed by atoms with E-state index in [2.05, 4.69) is 41.3 Å². The van der Waals surface area contributed by atoms with Crippen LogP contribution in [0.3, 0.4) is 0 Å². The predicted octanol–water partition coefficient (Wildman–Crippen LogP) is 2.08. The quantitative estimate of drug-likeness (QED) is 0.854. The van der Waals surface area contributed by atoms with E-state index in [1.165, 1.54) is 37.8 Å². The lowest BCUT2D eigenvalue weighted by atomic mass is 9.96. The van der Waals surface area contributed by atoms with E-state index in [9.17, 15) is 0 Å². The summed E-state index contributed by atoms with van der Waals surface area (Å²) in [6.45, 7) is 1.05. The number of nitrogens with one attached hydrogen (secondary N) is 1. The molecule has 0 amide bonds. The van der Waals surface area contributed by atoms with Crippen molar-refractivity contribution in [3.63, 3.8) is 0 Å². The minimum absolute atomic E-state index is 0.477. The first-order chi connectivity index (χ1) is 9.19. The summed E-state index contributed by atoms with van der Waals surface area (Å²) in [6, 6.07) is 3.31. The summed E-state index contributed by atoms with van der Waals surface area (Å²) in [5, 5.41) is 8.17. The molecule has 108 valence electrons. The summed E-state index contributed by atoms with van der Waals surface area (Å²) in [6.07, 6.45) is 9.90. The van der Waals surface area contributed by atoms with Crippen LogP contribution in [0.4, 0.5) is 0 Å². The number of rotatable bonds is 6. The van der Waals surface area contributed by atoms with Crippen LogP contribution in [-0.4, -0.2) is 48.4 Å². The standard InChI is InChI=1S/C15H28N4/c1-16-14(12-18(2)3)11-13-9-10-19(17-13)15-7-5-4-6-8-15/h9-10,14-16H,4-8,11-12H2,1-3H3. The molecule has 1 N–H and O–H groups in total. The second-order valence-electron chi connectivity index (χ2n) is 6.03. The Bertz CT molecular complexity index is 366. The van der Waals surface area contributed by atoms with E-state index < -0.39 is 0 Å². The molecule has 4 nitrogen and oxygen atoms in total. The van der Waals surface area contributed by atoms with E-state index in [-0.39, 0.29) is 0 Å². The topological polar surface area (TPSA) is 33.1 Å². The third kappa shape index (κ3) is 4.32. The maximum Gasteiger partial charge on any atom is 0.0640 e. The first kappa shape index (κ1) is 14.5. The summed E-state index contributed by atoms with van der Waals surface area (Å²) in [5.74, 6) is 0. The van der Waals surface area contributed by atoms with Gasteiger partial charge in [-0.2, -0.15) is 5.10 Å². The first-order valence-corrected chi connectivity index (χ1v) is 7.55. The Balaban J connectivity index is 1.92. The molecule has 1 saturated carbocycles. The maximum absolute atomic E-state index is 4.79. The molecule has 1 heterocycles. The number of aromatic nitrogens is 2. The van der Waals surface area contributed by atoms with E-state index >= 15 is 0 Å². The van der Waals surface area contributed by atoms with Crippen molar-refractivity contribution in [3.8, 4) is 0 Å². The van der Waals surface area contributed by atoms with Gasteiger partial charge in [-0.3, -0.25) is 4.68 Å². The van der Waals surface area contributed by atoms with Gasteiger partial charge in [-0.15, -0.1) is 0 Å². The van der Waals surface area contributed by atoms with Crippen LogP contribution in [0.25, 0.3) is 0 Å². The van der Waals surface area contributed by atoms with Crippen LogP contribution in [0, 0.1) is 0 Å². The van der Waals surface area contributed by atoms with E-state index in [4.69, 9.17) is 5.10 Å². The van der Waals surface area contributed by atoms with Crippen molar-refractivity contribution in [3.05, 3.63) is 18.0 Å². The smallest absolute Gasteiger partial charge is 0.0640 e. The molecule has 1 aromatic heterocycles. The molecule has 0 bridgehead atoms. The van der Waals surface area contributed by atoms with Crippen molar-refractivity contribution in [2.45, 2.75) is 50.6 Å². The summed E-state index contributed by atoms with van der Waals surface area (Å²) < 4.78 is 2.21. The molecule has 1 aliphatic carbocycles. The van der Waals surface area contributed by atoms with E-state index in [0.717, 1.165) is 13.0 Å². The number of nitrogens with zero attached hydrogens (tertiary/aromatic N) is 3. The molecule has 4 heteroatoms. The first-order valence-electron chi connectivity index (χ1n) is 7.55. The molecule has 0 radical (unpaired) electrons. The normalized spacial score (nSPS) is 18.9. The van der Waals surface area contributed by atoms with Gasteiger partial charge in [-0.25, -0.2) is 0 Å². The summed E-state index contributed by atoms with van der Waals surface area (Å²) in [4.78, 5) is 2.22. The van der Waals surface area contributed by atoms with Crippen LogP contribution < -0.4 is 5.32 Å². The van der Waals surface area contributed by atoms with Gasteiger partial charge in [0.15, 0.2) is 0 Å². The second-order valence-corrected chi connectivity index (χ2v) is 6.03. The molecule has 1 fully saturated rings. The molecule has 19 heavy (non-hydrogen) atoms. The van der Waals surface area contributed by atoms with E-state index in [0.29, 0.717) is 12.1 Å². The molecule has 1 aliphatic rings. The Labute approximate surface area is 117 Å². The molecule has 0 saturated heterocycles. The highest BCUT2D eigenvalue weighted by Crippen LogP contribution is 2.27. The van der Waals surface area contributed by atoms with E-state index in [1.807, 2.05) is 7.05 Å². The van der Waals surface area contributed by atoms with Gasteiger partial charge in [-0.05, 0) is 40.1 Å². The lowest BCUT2D eigenvalue weighted by Gasteiger charge is -2.22. The zero-order chi connectivity index (χ0) is 13.7. The van der Waals surface area contributed by atoms with Crippen molar-refractivity contribution >= 4 is 0 Å². The molecular formula is C15H28N4. The maximum atomic E-state index is 4.79. The summed E-state index contributed by atoms with van der Waals surface area (Å²) in [7, 11) is 6.27. The van der Waals surface area contributed by atoms with Gasteiger partial charge in [0.1, 0.15) is 0 Å². The Morgan fingerprint density at radius 3 is 2.74 bits per heavy atom. The SMILES string of the molecule is CNC(Cc1ccn(C2CCCCC2)n1)CN(C)C. The fraction of sp³-hybridized carbons (Fsp3) is 0.800. The molecule has 1 aromatic rings. The largest absolute Gasteiger partial charge is 0.315 e. The Hall–Kier alpha value is -0.870. The van der Waals surface area contributed by atoms with Gasteiger partial charge >= 0.3 is 0 Å². The number of hydrogen-bond acceptors (Lipinski definition) is 3. The molecule has 0 spiro atoms. The minimum Gasteiger partial charge on any atom is -0.315 e. The van der Waals surface area contributed by atoms with Crippen LogP contribution in [-0.2, 0) is 6.42 Å². The monoisotopic (exact) mass is 264 g/mol. The van der Waals surface area contributed by atoms with Gasteiger partial charge in [0.05, 0.1) is 11.7 Å². The number of likely N-dealkylation sites (N-methyl/N-ethyl adjacent to an activating group) is 2. The second kappa shape index (κ2) is 7.06. The average Bonchev–Trinajstić information content (AvgIpc) is 2.87. The highest BCUT2D eigenvalue weighted by atomic mass is 15.3. The lowest BCUT2D eigenvalue weighted by Crippen LogP contribution is -2.37. The molecular weight excluding hydrogens is 236 g/mol. The minimum atomic E-state index is 0.477. The summed E-state index contributed by atoms with van der Waals surface area (Å²) in [5.41, 5.74) is 1.21. The van der Waals surface area contributed by atoms with Gasteiger partial charge in [0.25, 0.3) is 0 Å². The Morgan fingerprint density at radius 1 is 1.37 bits per heavy atom. The van der Waals surface area contributed by atoms with Crippen molar-refractivity contribution in [1.82, 2.24) is 20.0 Å². The van der Waals surface area contributed by atoms with Gasteiger partial charge in [-0.1, -0.05) is 19.3 Å². The van der Waals surface area contributed by atoms with Crippen molar-refractivity contribution in [2.24, 2.45) is 0 Å². The highest BCUT2D eigenvalue weighted by Gasteiger charge is 2.17. The fourth-order valence-electron chi connectivity index (χ4n) is 2.99. The third-order valence-corrected chi connectivity index (χ3v) is 4.06. The average molecular weight is 264 g/mol. The molecule has 1 unspecified atom stereocenters. The number of hydrogen-bond donors (Lipinski definition) is 1.